The van der Waals surface area contributed by atoms with Crippen LogP contribution in [0.2, 0.25) is 0 Å². The minimum absolute atomic E-state index is 0.124. The van der Waals surface area contributed by atoms with Crippen LogP contribution in [0.25, 0.3) is 0 Å². The Labute approximate surface area is 96.6 Å². The first-order chi connectivity index (χ1) is 6.79. The van der Waals surface area contributed by atoms with E-state index < -0.39 is 0 Å². The zero-order chi connectivity index (χ0) is 9.97. The van der Waals surface area contributed by atoms with Gasteiger partial charge in [0.2, 0.25) is 0 Å². The van der Waals surface area contributed by atoms with Gasteiger partial charge in [-0.3, -0.25) is 0 Å². The minimum atomic E-state index is 0.124. The number of phenols is 1. The van der Waals surface area contributed by atoms with E-state index in [0.717, 1.165) is 22.3 Å². The number of nitrogens with one attached hydrogen (secondary N) is 1. The second-order valence-electron chi connectivity index (χ2n) is 3.26. The lowest BCUT2D eigenvalue weighted by Crippen LogP contribution is -2.34. The second-order valence-corrected chi connectivity index (χ2v) is 4.42. The fraction of sp³-hybridized carbons (Fsp3) is 0.400. The maximum absolute atomic E-state index is 9.85. The number of aromatic hydroxyl groups is 1. The molecule has 1 atom stereocenters. The van der Waals surface area contributed by atoms with Crippen LogP contribution < -0.4 is 5.32 Å². The Kier molecular flexibility index (Phi) is 3.25. The molecule has 0 unspecified atom stereocenters. The average Bonchev–Trinajstić information content (AvgIpc) is 2.23. The monoisotopic (exact) mass is 305 g/mol. The molecule has 0 radical (unpaired) electrons. The van der Waals surface area contributed by atoms with E-state index in [2.05, 4.69) is 27.9 Å². The molecule has 1 fully saturated rings. The summed E-state index contributed by atoms with van der Waals surface area (Å²) in [5, 5.41) is 13.2. The van der Waals surface area contributed by atoms with Crippen LogP contribution in [0.15, 0.2) is 18.2 Å². The van der Waals surface area contributed by atoms with Gasteiger partial charge in [0.15, 0.2) is 0 Å². The molecule has 1 heterocycles. The summed E-state index contributed by atoms with van der Waals surface area (Å²) in [6.45, 7) is 2.23. The van der Waals surface area contributed by atoms with Gasteiger partial charge in [-0.05, 0) is 28.7 Å². The van der Waals surface area contributed by atoms with Crippen molar-refractivity contribution < 1.29 is 9.84 Å². The number of hydrogen-bond acceptors (Lipinski definition) is 3. The number of rotatable bonds is 1. The van der Waals surface area contributed by atoms with Crippen LogP contribution in [-0.4, -0.2) is 24.9 Å². The van der Waals surface area contributed by atoms with E-state index >= 15 is 0 Å². The van der Waals surface area contributed by atoms with Crippen molar-refractivity contribution in [2.45, 2.75) is 6.04 Å². The van der Waals surface area contributed by atoms with Crippen molar-refractivity contribution in [2.24, 2.45) is 0 Å². The molecule has 3 nitrogen and oxygen atoms in total. The first-order valence-electron chi connectivity index (χ1n) is 4.57. The van der Waals surface area contributed by atoms with Gasteiger partial charge in [-0.25, -0.2) is 0 Å². The van der Waals surface area contributed by atoms with Gasteiger partial charge in [-0.2, -0.15) is 0 Å². The summed E-state index contributed by atoms with van der Waals surface area (Å²) in [6, 6.07) is 5.90. The predicted molar refractivity (Wildman–Crippen MR) is 62.4 cm³/mol. The predicted octanol–water partition coefficient (Wildman–Crippen LogP) is 1.66. The molecule has 0 amide bonds. The van der Waals surface area contributed by atoms with Gasteiger partial charge in [-0.1, -0.05) is 12.1 Å². The molecular weight excluding hydrogens is 293 g/mol. The van der Waals surface area contributed by atoms with Crippen molar-refractivity contribution in [3.63, 3.8) is 0 Å². The average molecular weight is 305 g/mol. The maximum atomic E-state index is 9.85. The highest BCUT2D eigenvalue weighted by Crippen LogP contribution is 2.29. The number of ether oxygens (including phenoxy) is 1. The number of hydrogen-bond donors (Lipinski definition) is 2. The largest absolute Gasteiger partial charge is 0.506 e. The molecule has 1 aromatic carbocycles. The summed E-state index contributed by atoms with van der Waals surface area (Å²) in [5.41, 5.74) is 0.927. The Morgan fingerprint density at radius 1 is 1.50 bits per heavy atom. The van der Waals surface area contributed by atoms with E-state index in [1.54, 1.807) is 0 Å². The van der Waals surface area contributed by atoms with Gasteiger partial charge in [0.05, 0.1) is 22.8 Å². The van der Waals surface area contributed by atoms with Crippen molar-refractivity contribution in [3.05, 3.63) is 27.3 Å². The van der Waals surface area contributed by atoms with Gasteiger partial charge >= 0.3 is 0 Å². The summed E-state index contributed by atoms with van der Waals surface area (Å²) in [7, 11) is 0. The van der Waals surface area contributed by atoms with Crippen LogP contribution in [0.4, 0.5) is 0 Å². The normalized spacial score (nSPS) is 22.2. The van der Waals surface area contributed by atoms with Crippen molar-refractivity contribution in [2.75, 3.05) is 19.8 Å². The Morgan fingerprint density at radius 3 is 3.07 bits per heavy atom. The van der Waals surface area contributed by atoms with E-state index in [0.29, 0.717) is 12.4 Å². The van der Waals surface area contributed by atoms with Crippen LogP contribution in [-0.2, 0) is 4.74 Å². The fourth-order valence-electron chi connectivity index (χ4n) is 1.58. The molecule has 0 aliphatic carbocycles. The summed E-state index contributed by atoms with van der Waals surface area (Å²) >= 11 is 2.13. The lowest BCUT2D eigenvalue weighted by Gasteiger charge is -2.24. The highest BCUT2D eigenvalue weighted by molar-refractivity contribution is 14.1. The molecule has 2 N–H and O–H groups in total. The summed E-state index contributed by atoms with van der Waals surface area (Å²) < 4.78 is 6.24. The Bertz CT molecular complexity index is 324. The van der Waals surface area contributed by atoms with Gasteiger partial charge in [0.25, 0.3) is 0 Å². The van der Waals surface area contributed by atoms with Crippen molar-refractivity contribution in [1.29, 1.82) is 0 Å². The SMILES string of the molecule is Oc1c(I)cccc1[C@@H]1COCCN1. The molecule has 4 heteroatoms. The van der Waals surface area contributed by atoms with Crippen LogP contribution in [0, 0.1) is 3.57 Å². The molecule has 0 bridgehead atoms. The summed E-state index contributed by atoms with van der Waals surface area (Å²) in [6.07, 6.45) is 0. The van der Waals surface area contributed by atoms with Crippen LogP contribution in [0.5, 0.6) is 5.75 Å². The zero-order valence-corrected chi connectivity index (χ0v) is 9.82. The van der Waals surface area contributed by atoms with Crippen LogP contribution in [0.3, 0.4) is 0 Å². The number of morpholine rings is 1. The maximum Gasteiger partial charge on any atom is 0.133 e. The van der Waals surface area contributed by atoms with Crippen molar-refractivity contribution in [1.82, 2.24) is 5.32 Å². The number of halogens is 1. The van der Waals surface area contributed by atoms with E-state index in [1.165, 1.54) is 0 Å². The highest BCUT2D eigenvalue weighted by atomic mass is 127. The first-order valence-corrected chi connectivity index (χ1v) is 5.65. The standard InChI is InChI=1S/C10H12INO2/c11-8-3-1-2-7(10(8)13)9-6-14-5-4-12-9/h1-3,9,12-13H,4-6H2/t9-/m0/s1. The number of benzene rings is 1. The van der Waals surface area contributed by atoms with Gasteiger partial charge in [0.1, 0.15) is 5.75 Å². The van der Waals surface area contributed by atoms with Gasteiger partial charge in [-0.15, -0.1) is 0 Å². The summed E-state index contributed by atoms with van der Waals surface area (Å²) in [5.74, 6) is 0.371. The smallest absolute Gasteiger partial charge is 0.133 e. The molecule has 1 aromatic rings. The molecule has 76 valence electrons. The third-order valence-electron chi connectivity index (χ3n) is 2.32. The van der Waals surface area contributed by atoms with Gasteiger partial charge in [0, 0.05) is 12.1 Å². The Morgan fingerprint density at radius 2 is 2.36 bits per heavy atom. The van der Waals surface area contributed by atoms with Gasteiger partial charge < -0.3 is 15.2 Å². The molecule has 0 spiro atoms. The van der Waals surface area contributed by atoms with Crippen LogP contribution >= 0.6 is 22.6 Å². The van der Waals surface area contributed by atoms with E-state index in [9.17, 15) is 5.11 Å². The van der Waals surface area contributed by atoms with Crippen LogP contribution in [0.1, 0.15) is 11.6 Å². The fourth-order valence-corrected chi connectivity index (χ4v) is 2.10. The summed E-state index contributed by atoms with van der Waals surface area (Å²) in [4.78, 5) is 0. The Hall–Kier alpha value is -0.330. The van der Waals surface area contributed by atoms with Crippen molar-refractivity contribution >= 4 is 22.6 Å². The zero-order valence-electron chi connectivity index (χ0n) is 7.66. The number of para-hydroxylation sites is 1. The van der Waals surface area contributed by atoms with E-state index in [4.69, 9.17) is 4.74 Å². The molecule has 0 aromatic heterocycles. The molecule has 14 heavy (non-hydrogen) atoms. The Balaban J connectivity index is 2.26. The van der Waals surface area contributed by atoms with E-state index in [-0.39, 0.29) is 6.04 Å². The molecular formula is C10H12INO2. The lowest BCUT2D eigenvalue weighted by atomic mass is 10.1. The number of phenolic OH excluding ortho intramolecular Hbond substituents is 1. The second kappa shape index (κ2) is 4.46. The third kappa shape index (κ3) is 2.02. The topological polar surface area (TPSA) is 41.5 Å². The lowest BCUT2D eigenvalue weighted by molar-refractivity contribution is 0.0760. The first kappa shape index (κ1) is 10.2. The van der Waals surface area contributed by atoms with Crippen molar-refractivity contribution in [3.8, 4) is 5.75 Å². The van der Waals surface area contributed by atoms with E-state index in [1.807, 2.05) is 18.2 Å². The molecule has 2 rings (SSSR count). The minimum Gasteiger partial charge on any atom is -0.506 e. The highest BCUT2D eigenvalue weighted by Gasteiger charge is 2.18. The molecule has 1 aliphatic rings. The quantitative estimate of drug-likeness (QED) is 0.775. The molecule has 1 saturated heterocycles. The third-order valence-corrected chi connectivity index (χ3v) is 3.19. The molecule has 1 aliphatic heterocycles. The molecule has 0 saturated carbocycles.